The zero-order chi connectivity index (χ0) is 15.5. The molecule has 1 aliphatic rings. The fourth-order valence-corrected chi connectivity index (χ4v) is 4.07. The largest absolute Gasteiger partial charge is 0.318 e. The first-order valence-corrected chi connectivity index (χ1v) is 8.86. The first-order valence-electron chi connectivity index (χ1n) is 7.42. The van der Waals surface area contributed by atoms with Gasteiger partial charge in [0.05, 0.1) is 11.9 Å². The molecule has 7 nitrogen and oxygen atoms in total. The van der Waals surface area contributed by atoms with Crippen LogP contribution in [0.3, 0.4) is 0 Å². The van der Waals surface area contributed by atoms with E-state index < -0.39 is 10.2 Å². The maximum Gasteiger partial charge on any atom is 0.302 e. The first-order chi connectivity index (χ1) is 9.94. The number of anilines is 1. The molecule has 120 valence electrons. The number of rotatable bonds is 6. The van der Waals surface area contributed by atoms with Gasteiger partial charge in [-0.1, -0.05) is 6.42 Å². The lowest BCUT2D eigenvalue weighted by atomic mass is 10.1. The fraction of sp³-hybridized carbons (Fsp3) is 0.769. The zero-order valence-corrected chi connectivity index (χ0v) is 13.7. The first kappa shape index (κ1) is 16.3. The van der Waals surface area contributed by atoms with E-state index in [0.29, 0.717) is 18.8 Å². The number of likely N-dealkylation sites (N-methyl/N-ethyl adjacent to an activating group) is 1. The van der Waals surface area contributed by atoms with Crippen molar-refractivity contribution in [2.45, 2.75) is 45.2 Å². The van der Waals surface area contributed by atoms with Gasteiger partial charge in [-0.15, -0.1) is 0 Å². The van der Waals surface area contributed by atoms with Gasteiger partial charge < -0.3 is 5.32 Å². The van der Waals surface area contributed by atoms with E-state index in [1.54, 1.807) is 21.4 Å². The van der Waals surface area contributed by atoms with Crippen LogP contribution >= 0.6 is 0 Å². The minimum Gasteiger partial charge on any atom is -0.318 e. The van der Waals surface area contributed by atoms with E-state index in [2.05, 4.69) is 15.1 Å². The Morgan fingerprint density at radius 3 is 2.81 bits per heavy atom. The molecule has 2 rings (SSSR count). The average molecular weight is 315 g/mol. The second-order valence-corrected chi connectivity index (χ2v) is 7.35. The minimum atomic E-state index is -3.53. The molecular weight excluding hydrogens is 290 g/mol. The summed E-state index contributed by atoms with van der Waals surface area (Å²) in [5.41, 5.74) is 0.512. The van der Waals surface area contributed by atoms with Crippen molar-refractivity contribution in [3.8, 4) is 0 Å². The van der Waals surface area contributed by atoms with Crippen LogP contribution in [0.4, 0.5) is 5.69 Å². The Morgan fingerprint density at radius 2 is 2.19 bits per heavy atom. The molecule has 1 aromatic rings. The highest BCUT2D eigenvalue weighted by molar-refractivity contribution is 7.90. The standard InChI is InChI=1S/C13H25N5O2S/c1-11(2)17-10-12(8-15-17)16-21(19,20)18-7-5-4-6-13(18)9-14-3/h8,10-11,13-14,16H,4-7,9H2,1-3H3. The molecule has 1 unspecified atom stereocenters. The lowest BCUT2D eigenvalue weighted by Gasteiger charge is -2.34. The Morgan fingerprint density at radius 1 is 1.43 bits per heavy atom. The van der Waals surface area contributed by atoms with Crippen LogP contribution in [0.2, 0.25) is 0 Å². The molecule has 1 fully saturated rings. The molecule has 1 aromatic heterocycles. The Kier molecular flexibility index (Phi) is 5.23. The van der Waals surface area contributed by atoms with E-state index >= 15 is 0 Å². The number of hydrogen-bond acceptors (Lipinski definition) is 4. The third-order valence-corrected chi connectivity index (χ3v) is 5.29. The van der Waals surface area contributed by atoms with Gasteiger partial charge in [-0.25, -0.2) is 0 Å². The van der Waals surface area contributed by atoms with Gasteiger partial charge in [0, 0.05) is 31.4 Å². The second-order valence-electron chi connectivity index (χ2n) is 5.73. The van der Waals surface area contributed by atoms with Crippen LogP contribution in [0, 0.1) is 0 Å². The molecule has 0 amide bonds. The fourth-order valence-electron chi connectivity index (χ4n) is 2.61. The van der Waals surface area contributed by atoms with E-state index in [1.165, 1.54) is 0 Å². The summed E-state index contributed by atoms with van der Waals surface area (Å²) in [6.45, 7) is 5.24. The van der Waals surface area contributed by atoms with Crippen molar-refractivity contribution in [1.82, 2.24) is 19.4 Å². The zero-order valence-electron chi connectivity index (χ0n) is 12.9. The van der Waals surface area contributed by atoms with E-state index in [9.17, 15) is 8.42 Å². The summed E-state index contributed by atoms with van der Waals surface area (Å²) in [6.07, 6.45) is 6.15. The van der Waals surface area contributed by atoms with Crippen molar-refractivity contribution in [3.63, 3.8) is 0 Å². The predicted molar refractivity (Wildman–Crippen MR) is 83.4 cm³/mol. The van der Waals surface area contributed by atoms with Crippen LogP contribution in [-0.2, 0) is 10.2 Å². The normalized spacial score (nSPS) is 20.9. The third kappa shape index (κ3) is 3.96. The summed E-state index contributed by atoms with van der Waals surface area (Å²) in [5, 5.41) is 7.23. The summed E-state index contributed by atoms with van der Waals surface area (Å²) < 4.78 is 31.1. The summed E-state index contributed by atoms with van der Waals surface area (Å²) in [7, 11) is -1.68. The number of aromatic nitrogens is 2. The molecule has 0 bridgehead atoms. The molecule has 1 aliphatic heterocycles. The molecule has 0 spiro atoms. The molecule has 1 saturated heterocycles. The van der Waals surface area contributed by atoms with Gasteiger partial charge in [0.15, 0.2) is 0 Å². The van der Waals surface area contributed by atoms with Gasteiger partial charge in [-0.3, -0.25) is 9.40 Å². The van der Waals surface area contributed by atoms with Crippen LogP contribution < -0.4 is 10.0 Å². The molecule has 1 atom stereocenters. The van der Waals surface area contributed by atoms with Crippen LogP contribution in [0.15, 0.2) is 12.4 Å². The molecule has 0 radical (unpaired) electrons. The maximum absolute atomic E-state index is 12.6. The highest BCUT2D eigenvalue weighted by Crippen LogP contribution is 2.22. The Hall–Kier alpha value is -1.12. The van der Waals surface area contributed by atoms with Gasteiger partial charge in [0.25, 0.3) is 0 Å². The number of piperidine rings is 1. The van der Waals surface area contributed by atoms with E-state index in [0.717, 1.165) is 19.3 Å². The molecular formula is C13H25N5O2S. The third-order valence-electron chi connectivity index (χ3n) is 3.70. The SMILES string of the molecule is CNCC1CCCCN1S(=O)(=O)Nc1cnn(C(C)C)c1. The minimum absolute atomic E-state index is 0.0152. The van der Waals surface area contributed by atoms with Crippen LogP contribution in [0.1, 0.15) is 39.2 Å². The summed E-state index contributed by atoms with van der Waals surface area (Å²) >= 11 is 0. The Bertz CT molecular complexity index is 553. The van der Waals surface area contributed by atoms with Crippen molar-refractivity contribution >= 4 is 15.9 Å². The van der Waals surface area contributed by atoms with Crippen molar-refractivity contribution in [2.24, 2.45) is 0 Å². The van der Waals surface area contributed by atoms with Gasteiger partial charge in [0.2, 0.25) is 0 Å². The lowest BCUT2D eigenvalue weighted by Crippen LogP contribution is -2.49. The van der Waals surface area contributed by atoms with Gasteiger partial charge in [-0.05, 0) is 33.7 Å². The lowest BCUT2D eigenvalue weighted by molar-refractivity contribution is 0.250. The van der Waals surface area contributed by atoms with Crippen molar-refractivity contribution in [1.29, 1.82) is 0 Å². The van der Waals surface area contributed by atoms with E-state index in [-0.39, 0.29) is 12.1 Å². The number of nitrogens with zero attached hydrogens (tertiary/aromatic N) is 3. The number of hydrogen-bond donors (Lipinski definition) is 2. The average Bonchev–Trinajstić information content (AvgIpc) is 2.87. The summed E-state index contributed by atoms with van der Waals surface area (Å²) in [4.78, 5) is 0. The summed E-state index contributed by atoms with van der Waals surface area (Å²) in [6, 6.07) is 0.219. The van der Waals surface area contributed by atoms with Crippen LogP contribution in [0.5, 0.6) is 0 Å². The second kappa shape index (κ2) is 6.76. The van der Waals surface area contributed by atoms with E-state index in [4.69, 9.17) is 0 Å². The topological polar surface area (TPSA) is 79.3 Å². The van der Waals surface area contributed by atoms with Gasteiger partial charge in [-0.2, -0.15) is 17.8 Å². The molecule has 2 heterocycles. The van der Waals surface area contributed by atoms with Gasteiger partial charge in [0.1, 0.15) is 0 Å². The molecule has 0 saturated carbocycles. The van der Waals surface area contributed by atoms with Crippen LogP contribution in [0.25, 0.3) is 0 Å². The molecule has 0 aromatic carbocycles. The molecule has 21 heavy (non-hydrogen) atoms. The monoisotopic (exact) mass is 315 g/mol. The maximum atomic E-state index is 12.6. The highest BCUT2D eigenvalue weighted by Gasteiger charge is 2.32. The Labute approximate surface area is 126 Å². The molecule has 8 heteroatoms. The Balaban J connectivity index is 2.11. The van der Waals surface area contributed by atoms with Crippen molar-refractivity contribution in [2.75, 3.05) is 24.9 Å². The molecule has 2 N–H and O–H groups in total. The molecule has 0 aliphatic carbocycles. The van der Waals surface area contributed by atoms with E-state index in [1.807, 2.05) is 20.9 Å². The smallest absolute Gasteiger partial charge is 0.302 e. The summed E-state index contributed by atoms with van der Waals surface area (Å²) in [5.74, 6) is 0. The highest BCUT2D eigenvalue weighted by atomic mass is 32.2. The number of nitrogens with one attached hydrogen (secondary N) is 2. The van der Waals surface area contributed by atoms with Crippen LogP contribution in [-0.4, -0.2) is 48.7 Å². The van der Waals surface area contributed by atoms with Crippen molar-refractivity contribution < 1.29 is 8.42 Å². The van der Waals surface area contributed by atoms with Gasteiger partial charge >= 0.3 is 10.2 Å². The predicted octanol–water partition coefficient (Wildman–Crippen LogP) is 1.19. The quantitative estimate of drug-likeness (QED) is 0.826. The van der Waals surface area contributed by atoms with Crippen molar-refractivity contribution in [3.05, 3.63) is 12.4 Å².